The summed E-state index contributed by atoms with van der Waals surface area (Å²) < 4.78 is 1.84. The first kappa shape index (κ1) is 19.6. The van der Waals surface area contributed by atoms with E-state index in [-0.39, 0.29) is 11.9 Å². The lowest BCUT2D eigenvalue weighted by molar-refractivity contribution is 0.0940. The lowest BCUT2D eigenvalue weighted by Gasteiger charge is -2.15. The molecule has 1 atom stereocenters. The van der Waals surface area contributed by atoms with Gasteiger partial charge >= 0.3 is 0 Å². The summed E-state index contributed by atoms with van der Waals surface area (Å²) in [5, 5.41) is 14.8. The number of rotatable bonds is 6. The molecule has 1 amide bonds. The van der Waals surface area contributed by atoms with Crippen molar-refractivity contribution in [2.45, 2.75) is 40.3 Å². The van der Waals surface area contributed by atoms with Gasteiger partial charge in [-0.2, -0.15) is 10.1 Å². The maximum absolute atomic E-state index is 12.8. The maximum Gasteiger partial charge on any atom is 0.251 e. The van der Waals surface area contributed by atoms with Gasteiger partial charge in [-0.25, -0.2) is 4.68 Å². The molecule has 8 nitrogen and oxygen atoms in total. The first-order valence-electron chi connectivity index (χ1n) is 9.36. The molecule has 28 heavy (non-hydrogen) atoms. The van der Waals surface area contributed by atoms with Crippen LogP contribution in [0.5, 0.6) is 0 Å². The lowest BCUT2D eigenvalue weighted by atomic mass is 10.1. The molecule has 1 aromatic carbocycles. The van der Waals surface area contributed by atoms with Gasteiger partial charge in [0.2, 0.25) is 5.95 Å². The van der Waals surface area contributed by atoms with Crippen molar-refractivity contribution in [3.05, 3.63) is 46.8 Å². The van der Waals surface area contributed by atoms with E-state index in [1.165, 1.54) is 0 Å². The third-order valence-corrected chi connectivity index (χ3v) is 4.70. The largest absolute Gasteiger partial charge is 0.347 e. The fraction of sp³-hybridized carbons (Fsp3) is 0.400. The Bertz CT molecular complexity index is 967. The second kappa shape index (κ2) is 7.84. The SMILES string of the molecule is CCn1nc(-c2cccc(C(=O)NC(C)c3c(C)n[nH]c3C)c2)nc1N(C)C. The van der Waals surface area contributed by atoms with Gasteiger partial charge in [0, 0.05) is 43.0 Å². The van der Waals surface area contributed by atoms with E-state index >= 15 is 0 Å². The summed E-state index contributed by atoms with van der Waals surface area (Å²) in [5.41, 5.74) is 4.26. The van der Waals surface area contributed by atoms with Crippen molar-refractivity contribution in [1.82, 2.24) is 30.3 Å². The first-order valence-corrected chi connectivity index (χ1v) is 9.36. The van der Waals surface area contributed by atoms with Crippen LogP contribution in [-0.4, -0.2) is 45.0 Å². The van der Waals surface area contributed by atoms with Gasteiger partial charge in [0.25, 0.3) is 5.91 Å². The number of nitrogens with zero attached hydrogens (tertiary/aromatic N) is 5. The third-order valence-electron chi connectivity index (χ3n) is 4.70. The van der Waals surface area contributed by atoms with Crippen molar-refractivity contribution < 1.29 is 4.79 Å². The van der Waals surface area contributed by atoms with Crippen LogP contribution in [0.4, 0.5) is 5.95 Å². The fourth-order valence-corrected chi connectivity index (χ4v) is 3.35. The molecule has 3 aromatic rings. The minimum absolute atomic E-state index is 0.142. The molecule has 8 heteroatoms. The maximum atomic E-state index is 12.8. The summed E-state index contributed by atoms with van der Waals surface area (Å²) in [5.74, 6) is 1.25. The Kier molecular flexibility index (Phi) is 5.48. The van der Waals surface area contributed by atoms with E-state index in [0.717, 1.165) is 35.0 Å². The molecule has 0 aliphatic heterocycles. The second-order valence-electron chi connectivity index (χ2n) is 7.07. The van der Waals surface area contributed by atoms with Gasteiger partial charge in [0.1, 0.15) is 0 Å². The number of aromatic amines is 1. The number of carbonyl (C=O) groups excluding carboxylic acids is 1. The number of nitrogens with one attached hydrogen (secondary N) is 2. The van der Waals surface area contributed by atoms with Crippen LogP contribution in [0.25, 0.3) is 11.4 Å². The van der Waals surface area contributed by atoms with Crippen molar-refractivity contribution in [3.63, 3.8) is 0 Å². The predicted molar refractivity (Wildman–Crippen MR) is 109 cm³/mol. The normalized spacial score (nSPS) is 12.1. The van der Waals surface area contributed by atoms with Crippen LogP contribution in [0.3, 0.4) is 0 Å². The number of hydrogen-bond acceptors (Lipinski definition) is 5. The van der Waals surface area contributed by atoms with Gasteiger partial charge in [-0.1, -0.05) is 12.1 Å². The molecule has 3 rings (SSSR count). The number of amides is 1. The minimum Gasteiger partial charge on any atom is -0.347 e. The lowest BCUT2D eigenvalue weighted by Crippen LogP contribution is -2.27. The number of carbonyl (C=O) groups is 1. The summed E-state index contributed by atoms with van der Waals surface area (Å²) in [6.45, 7) is 8.59. The Morgan fingerprint density at radius 1 is 1.32 bits per heavy atom. The number of aryl methyl sites for hydroxylation is 3. The molecule has 0 aliphatic rings. The quantitative estimate of drug-likeness (QED) is 0.685. The molecule has 0 fully saturated rings. The zero-order valence-corrected chi connectivity index (χ0v) is 17.2. The molecule has 0 aliphatic carbocycles. The summed E-state index contributed by atoms with van der Waals surface area (Å²) in [6.07, 6.45) is 0. The molecule has 1 unspecified atom stereocenters. The fourth-order valence-electron chi connectivity index (χ4n) is 3.35. The molecule has 148 valence electrons. The van der Waals surface area contributed by atoms with Crippen molar-refractivity contribution in [1.29, 1.82) is 0 Å². The van der Waals surface area contributed by atoms with Gasteiger partial charge in [-0.15, -0.1) is 5.10 Å². The van der Waals surface area contributed by atoms with Crippen molar-refractivity contribution >= 4 is 11.9 Å². The van der Waals surface area contributed by atoms with Crippen LogP contribution < -0.4 is 10.2 Å². The van der Waals surface area contributed by atoms with Gasteiger partial charge < -0.3 is 10.2 Å². The minimum atomic E-state index is -0.146. The summed E-state index contributed by atoms with van der Waals surface area (Å²) >= 11 is 0. The number of aromatic nitrogens is 5. The Morgan fingerprint density at radius 3 is 2.64 bits per heavy atom. The van der Waals surface area contributed by atoms with Gasteiger partial charge in [0.05, 0.1) is 11.7 Å². The van der Waals surface area contributed by atoms with Crippen LogP contribution >= 0.6 is 0 Å². The highest BCUT2D eigenvalue weighted by Crippen LogP contribution is 2.22. The summed E-state index contributed by atoms with van der Waals surface area (Å²) in [7, 11) is 3.87. The molecular weight excluding hydrogens is 354 g/mol. The van der Waals surface area contributed by atoms with E-state index < -0.39 is 0 Å². The van der Waals surface area contributed by atoms with E-state index in [9.17, 15) is 4.79 Å². The van der Waals surface area contributed by atoms with Crippen LogP contribution in [0.15, 0.2) is 24.3 Å². The van der Waals surface area contributed by atoms with Gasteiger partial charge in [0.15, 0.2) is 5.82 Å². The van der Waals surface area contributed by atoms with Crippen LogP contribution in [0, 0.1) is 13.8 Å². The summed E-state index contributed by atoms with van der Waals surface area (Å²) in [6, 6.07) is 7.24. The molecule has 0 saturated heterocycles. The molecule has 0 spiro atoms. The molecule has 2 N–H and O–H groups in total. The van der Waals surface area contributed by atoms with E-state index in [2.05, 4.69) is 25.6 Å². The Hall–Kier alpha value is -3.16. The Morgan fingerprint density at radius 2 is 2.07 bits per heavy atom. The zero-order valence-electron chi connectivity index (χ0n) is 17.2. The van der Waals surface area contributed by atoms with E-state index in [1.807, 2.05) is 69.6 Å². The molecular formula is C20H27N7O. The van der Waals surface area contributed by atoms with Crippen molar-refractivity contribution in [2.24, 2.45) is 0 Å². The average Bonchev–Trinajstić information content (AvgIpc) is 3.25. The highest BCUT2D eigenvalue weighted by molar-refractivity contribution is 5.95. The average molecular weight is 381 g/mol. The molecule has 0 radical (unpaired) electrons. The van der Waals surface area contributed by atoms with E-state index in [4.69, 9.17) is 0 Å². The summed E-state index contributed by atoms with van der Waals surface area (Å²) in [4.78, 5) is 19.3. The number of hydrogen-bond donors (Lipinski definition) is 2. The number of H-pyrrole nitrogens is 1. The highest BCUT2D eigenvalue weighted by Gasteiger charge is 2.18. The monoisotopic (exact) mass is 381 g/mol. The van der Waals surface area contributed by atoms with Crippen molar-refractivity contribution in [2.75, 3.05) is 19.0 Å². The Balaban J connectivity index is 1.84. The third kappa shape index (κ3) is 3.76. The first-order chi connectivity index (χ1) is 13.3. The van der Waals surface area contributed by atoms with Gasteiger partial charge in [-0.3, -0.25) is 9.89 Å². The van der Waals surface area contributed by atoms with Crippen LogP contribution in [-0.2, 0) is 6.54 Å². The standard InChI is InChI=1S/C20H27N7O/c1-7-27-20(26(5)6)22-18(25-27)15-9-8-10-16(11-15)19(28)21-12(2)17-13(3)23-24-14(17)4/h8-12H,7H2,1-6H3,(H,21,28)(H,23,24). The number of anilines is 1. The Labute approximate surface area is 165 Å². The second-order valence-corrected chi connectivity index (χ2v) is 7.07. The topological polar surface area (TPSA) is 91.7 Å². The predicted octanol–water partition coefficient (Wildman–Crippen LogP) is 2.86. The van der Waals surface area contributed by atoms with Crippen LogP contribution in [0.2, 0.25) is 0 Å². The van der Waals surface area contributed by atoms with Crippen molar-refractivity contribution in [3.8, 4) is 11.4 Å². The smallest absolute Gasteiger partial charge is 0.251 e. The molecule has 2 heterocycles. The van der Waals surface area contributed by atoms with Crippen LogP contribution in [0.1, 0.15) is 47.2 Å². The van der Waals surface area contributed by atoms with E-state index in [0.29, 0.717) is 11.4 Å². The highest BCUT2D eigenvalue weighted by atomic mass is 16.1. The number of benzene rings is 1. The molecule has 0 bridgehead atoms. The zero-order chi connectivity index (χ0) is 20.4. The molecule has 2 aromatic heterocycles. The van der Waals surface area contributed by atoms with E-state index in [1.54, 1.807) is 6.07 Å². The van der Waals surface area contributed by atoms with Gasteiger partial charge in [-0.05, 0) is 39.8 Å². The molecule has 0 saturated carbocycles.